The molecule has 1 N–H and O–H groups in total. The Morgan fingerprint density at radius 3 is 2.15 bits per heavy atom. The molecule has 0 unspecified atom stereocenters. The Morgan fingerprint density at radius 2 is 1.65 bits per heavy atom. The molecule has 0 amide bonds. The van der Waals surface area contributed by atoms with Crippen molar-refractivity contribution in [3.05, 3.63) is 26.8 Å². The van der Waals surface area contributed by atoms with Gasteiger partial charge in [-0.15, -0.1) is 0 Å². The standard InChI is InChI=1S/C17H27ClIN/c1-3-5-7-9-15(10-8-6-4-2)20-17-12-11-14(18)13-16(17)19/h11-13,15,20H,3-10H2,1-2H3. The van der Waals surface area contributed by atoms with Gasteiger partial charge in [0, 0.05) is 20.3 Å². The molecule has 20 heavy (non-hydrogen) atoms. The minimum Gasteiger partial charge on any atom is -0.381 e. The first kappa shape index (κ1) is 18.1. The van der Waals surface area contributed by atoms with Gasteiger partial charge in [0.15, 0.2) is 0 Å². The van der Waals surface area contributed by atoms with Gasteiger partial charge < -0.3 is 5.32 Å². The summed E-state index contributed by atoms with van der Waals surface area (Å²) in [4.78, 5) is 0. The Labute approximate surface area is 143 Å². The zero-order valence-electron chi connectivity index (χ0n) is 12.7. The van der Waals surface area contributed by atoms with Crippen molar-refractivity contribution in [2.75, 3.05) is 5.32 Å². The van der Waals surface area contributed by atoms with Crippen molar-refractivity contribution in [2.45, 2.75) is 71.3 Å². The van der Waals surface area contributed by atoms with Crippen molar-refractivity contribution >= 4 is 39.9 Å². The van der Waals surface area contributed by atoms with Crippen molar-refractivity contribution in [2.24, 2.45) is 0 Å². The number of halogens is 2. The summed E-state index contributed by atoms with van der Waals surface area (Å²) in [5.41, 5.74) is 1.23. The van der Waals surface area contributed by atoms with E-state index in [1.807, 2.05) is 12.1 Å². The third-order valence-corrected chi connectivity index (χ3v) is 4.73. The average molecular weight is 408 g/mol. The Balaban J connectivity index is 2.56. The first-order valence-corrected chi connectivity index (χ1v) is 9.34. The molecule has 0 fully saturated rings. The summed E-state index contributed by atoms with van der Waals surface area (Å²) >= 11 is 8.39. The van der Waals surface area contributed by atoms with E-state index in [0.717, 1.165) is 5.02 Å². The van der Waals surface area contributed by atoms with Gasteiger partial charge in [-0.2, -0.15) is 0 Å². The second-order valence-electron chi connectivity index (χ2n) is 5.46. The van der Waals surface area contributed by atoms with Gasteiger partial charge in [-0.25, -0.2) is 0 Å². The van der Waals surface area contributed by atoms with Crippen LogP contribution >= 0.6 is 34.2 Å². The van der Waals surface area contributed by atoms with E-state index in [0.29, 0.717) is 6.04 Å². The van der Waals surface area contributed by atoms with E-state index in [1.54, 1.807) is 0 Å². The van der Waals surface area contributed by atoms with E-state index >= 15 is 0 Å². The smallest absolute Gasteiger partial charge is 0.0479 e. The molecule has 1 nitrogen and oxygen atoms in total. The van der Waals surface area contributed by atoms with Crippen molar-refractivity contribution in [3.63, 3.8) is 0 Å². The van der Waals surface area contributed by atoms with Crippen LogP contribution in [0.5, 0.6) is 0 Å². The van der Waals surface area contributed by atoms with Gasteiger partial charge >= 0.3 is 0 Å². The molecule has 0 heterocycles. The van der Waals surface area contributed by atoms with E-state index in [4.69, 9.17) is 11.6 Å². The van der Waals surface area contributed by atoms with Gasteiger partial charge in [-0.1, -0.05) is 64.0 Å². The molecule has 0 bridgehead atoms. The highest BCUT2D eigenvalue weighted by atomic mass is 127. The minimum absolute atomic E-state index is 0.600. The van der Waals surface area contributed by atoms with Crippen LogP contribution in [-0.4, -0.2) is 6.04 Å². The van der Waals surface area contributed by atoms with Crippen LogP contribution in [0.3, 0.4) is 0 Å². The van der Waals surface area contributed by atoms with Crippen LogP contribution in [-0.2, 0) is 0 Å². The SMILES string of the molecule is CCCCCC(CCCCC)Nc1ccc(Cl)cc1I. The number of benzene rings is 1. The highest BCUT2D eigenvalue weighted by Gasteiger charge is 2.10. The summed E-state index contributed by atoms with van der Waals surface area (Å²) in [6, 6.07) is 6.71. The molecule has 0 atom stereocenters. The quantitative estimate of drug-likeness (QED) is 0.329. The fourth-order valence-corrected chi connectivity index (χ4v) is 3.42. The topological polar surface area (TPSA) is 12.0 Å². The zero-order valence-corrected chi connectivity index (χ0v) is 15.6. The van der Waals surface area contributed by atoms with Gasteiger partial charge in [0.25, 0.3) is 0 Å². The Kier molecular flexibility index (Phi) is 9.70. The van der Waals surface area contributed by atoms with E-state index in [-0.39, 0.29) is 0 Å². The van der Waals surface area contributed by atoms with Gasteiger partial charge in [-0.05, 0) is 53.6 Å². The molecule has 0 saturated carbocycles. The first-order valence-electron chi connectivity index (χ1n) is 7.89. The second-order valence-corrected chi connectivity index (χ2v) is 7.06. The molecular formula is C17H27ClIN. The van der Waals surface area contributed by atoms with Crippen LogP contribution < -0.4 is 5.32 Å². The van der Waals surface area contributed by atoms with Crippen molar-refractivity contribution in [1.82, 2.24) is 0 Å². The highest BCUT2D eigenvalue weighted by molar-refractivity contribution is 14.1. The predicted octanol–water partition coefficient (Wildman–Crippen LogP) is 6.89. The van der Waals surface area contributed by atoms with Crippen LogP contribution in [0.25, 0.3) is 0 Å². The third kappa shape index (κ3) is 7.16. The number of anilines is 1. The minimum atomic E-state index is 0.600. The third-order valence-electron chi connectivity index (χ3n) is 3.60. The van der Waals surface area contributed by atoms with E-state index in [1.165, 1.54) is 60.6 Å². The molecule has 0 aliphatic carbocycles. The number of hydrogen-bond acceptors (Lipinski definition) is 1. The fourth-order valence-electron chi connectivity index (χ4n) is 2.40. The fraction of sp³-hybridized carbons (Fsp3) is 0.647. The maximum absolute atomic E-state index is 6.03. The largest absolute Gasteiger partial charge is 0.381 e. The normalized spacial score (nSPS) is 11.1. The molecule has 0 radical (unpaired) electrons. The first-order chi connectivity index (χ1) is 9.67. The molecule has 1 rings (SSSR count). The molecular weight excluding hydrogens is 381 g/mol. The lowest BCUT2D eigenvalue weighted by Gasteiger charge is -2.21. The second kappa shape index (κ2) is 10.7. The Morgan fingerprint density at radius 1 is 1.05 bits per heavy atom. The molecule has 0 spiro atoms. The van der Waals surface area contributed by atoms with Crippen LogP contribution in [0, 0.1) is 3.57 Å². The van der Waals surface area contributed by atoms with Crippen molar-refractivity contribution < 1.29 is 0 Å². The molecule has 114 valence electrons. The van der Waals surface area contributed by atoms with E-state index < -0.39 is 0 Å². The van der Waals surface area contributed by atoms with E-state index in [2.05, 4.69) is 47.8 Å². The number of nitrogens with one attached hydrogen (secondary N) is 1. The van der Waals surface area contributed by atoms with Crippen LogP contribution in [0.1, 0.15) is 65.2 Å². The van der Waals surface area contributed by atoms with Crippen LogP contribution in [0.4, 0.5) is 5.69 Å². The van der Waals surface area contributed by atoms with Crippen LogP contribution in [0.2, 0.25) is 5.02 Å². The summed E-state index contributed by atoms with van der Waals surface area (Å²) in [5, 5.41) is 4.54. The zero-order chi connectivity index (χ0) is 14.8. The van der Waals surface area contributed by atoms with Crippen LogP contribution in [0.15, 0.2) is 18.2 Å². The van der Waals surface area contributed by atoms with Gasteiger partial charge in [-0.3, -0.25) is 0 Å². The molecule has 0 aromatic heterocycles. The Hall–Kier alpha value is 0.0400. The monoisotopic (exact) mass is 407 g/mol. The number of rotatable bonds is 10. The van der Waals surface area contributed by atoms with E-state index in [9.17, 15) is 0 Å². The Bertz CT molecular complexity index is 371. The lowest BCUT2D eigenvalue weighted by atomic mass is 10.0. The number of unbranched alkanes of at least 4 members (excludes halogenated alkanes) is 4. The molecule has 0 aliphatic heterocycles. The van der Waals surface area contributed by atoms with Gasteiger partial charge in [0.05, 0.1) is 0 Å². The van der Waals surface area contributed by atoms with Crippen molar-refractivity contribution in [3.8, 4) is 0 Å². The molecule has 1 aromatic rings. The molecule has 0 saturated heterocycles. The molecule has 0 aliphatic rings. The lowest BCUT2D eigenvalue weighted by molar-refractivity contribution is 0.526. The maximum Gasteiger partial charge on any atom is 0.0479 e. The van der Waals surface area contributed by atoms with Crippen molar-refractivity contribution in [1.29, 1.82) is 0 Å². The summed E-state index contributed by atoms with van der Waals surface area (Å²) in [6.07, 6.45) is 10.5. The summed E-state index contributed by atoms with van der Waals surface area (Å²) in [5.74, 6) is 0. The van der Waals surface area contributed by atoms with Gasteiger partial charge in [0.2, 0.25) is 0 Å². The predicted molar refractivity (Wildman–Crippen MR) is 99.9 cm³/mol. The van der Waals surface area contributed by atoms with Gasteiger partial charge in [0.1, 0.15) is 0 Å². The lowest BCUT2D eigenvalue weighted by Crippen LogP contribution is -2.20. The summed E-state index contributed by atoms with van der Waals surface area (Å²) in [7, 11) is 0. The molecule has 1 aromatic carbocycles. The summed E-state index contributed by atoms with van der Waals surface area (Å²) < 4.78 is 1.21. The highest BCUT2D eigenvalue weighted by Crippen LogP contribution is 2.25. The average Bonchev–Trinajstić information content (AvgIpc) is 2.42. The maximum atomic E-state index is 6.03. The summed E-state index contributed by atoms with van der Waals surface area (Å²) in [6.45, 7) is 4.53. The molecule has 3 heteroatoms. The number of hydrogen-bond donors (Lipinski definition) is 1.